The number of thiol groups is 1. The van der Waals surface area contributed by atoms with E-state index in [1.165, 1.54) is 11.1 Å². The van der Waals surface area contributed by atoms with Crippen molar-refractivity contribution >= 4 is 12.6 Å². The minimum atomic E-state index is 0.535. The molecule has 17 heavy (non-hydrogen) atoms. The lowest BCUT2D eigenvalue weighted by Crippen LogP contribution is -2.20. The van der Waals surface area contributed by atoms with Crippen LogP contribution in [0.4, 0.5) is 0 Å². The van der Waals surface area contributed by atoms with Crippen molar-refractivity contribution in [3.63, 3.8) is 0 Å². The Morgan fingerprint density at radius 1 is 1.35 bits per heavy atom. The minimum Gasteiger partial charge on any atom is -0.496 e. The molecule has 0 heterocycles. The zero-order chi connectivity index (χ0) is 12.8. The van der Waals surface area contributed by atoms with E-state index in [1.807, 2.05) is 0 Å². The van der Waals surface area contributed by atoms with Crippen molar-refractivity contribution in [2.45, 2.75) is 26.3 Å². The second kappa shape index (κ2) is 6.92. The molecule has 0 aliphatic rings. The maximum absolute atomic E-state index is 5.47. The van der Waals surface area contributed by atoms with Crippen LogP contribution in [0, 0.1) is 0 Å². The molecule has 0 aliphatic carbocycles. The molecule has 96 valence electrons. The van der Waals surface area contributed by atoms with Crippen LogP contribution < -0.4 is 4.74 Å². The summed E-state index contributed by atoms with van der Waals surface area (Å²) in [4.78, 5) is 2.25. The van der Waals surface area contributed by atoms with Gasteiger partial charge in [-0.25, -0.2) is 0 Å². The molecule has 0 unspecified atom stereocenters. The molecule has 0 saturated heterocycles. The van der Waals surface area contributed by atoms with E-state index in [0.29, 0.717) is 5.92 Å². The zero-order valence-electron chi connectivity index (χ0n) is 11.2. The molecule has 0 amide bonds. The van der Waals surface area contributed by atoms with E-state index in [2.05, 4.69) is 56.6 Å². The first kappa shape index (κ1) is 14.4. The van der Waals surface area contributed by atoms with Crippen LogP contribution in [0.1, 0.15) is 30.9 Å². The van der Waals surface area contributed by atoms with Crippen molar-refractivity contribution in [2.24, 2.45) is 0 Å². The predicted molar refractivity (Wildman–Crippen MR) is 77.3 cm³/mol. The van der Waals surface area contributed by atoms with E-state index >= 15 is 0 Å². The maximum atomic E-state index is 5.47. The van der Waals surface area contributed by atoms with E-state index in [0.717, 1.165) is 24.6 Å². The highest BCUT2D eigenvalue weighted by Gasteiger charge is 2.08. The fourth-order valence-corrected chi connectivity index (χ4v) is 2.13. The fraction of sp³-hybridized carbons (Fsp3) is 0.571. The number of rotatable bonds is 6. The largest absolute Gasteiger partial charge is 0.496 e. The topological polar surface area (TPSA) is 12.5 Å². The number of ether oxygens (including phenoxy) is 1. The highest BCUT2D eigenvalue weighted by Crippen LogP contribution is 2.25. The molecule has 0 aliphatic heterocycles. The summed E-state index contributed by atoms with van der Waals surface area (Å²) in [7, 11) is 3.84. The number of hydrogen-bond donors (Lipinski definition) is 1. The van der Waals surface area contributed by atoms with Gasteiger partial charge in [0.15, 0.2) is 0 Å². The molecule has 1 rings (SSSR count). The van der Waals surface area contributed by atoms with E-state index in [1.54, 1.807) is 7.11 Å². The maximum Gasteiger partial charge on any atom is 0.123 e. The van der Waals surface area contributed by atoms with Crippen LogP contribution in [0.15, 0.2) is 18.2 Å². The molecule has 1 aromatic rings. The van der Waals surface area contributed by atoms with Crippen molar-refractivity contribution in [3.8, 4) is 5.75 Å². The Morgan fingerprint density at radius 3 is 2.59 bits per heavy atom. The lowest BCUT2D eigenvalue weighted by molar-refractivity contribution is 0.335. The first-order valence-electron chi connectivity index (χ1n) is 6.04. The third kappa shape index (κ3) is 4.25. The average Bonchev–Trinajstić information content (AvgIpc) is 2.29. The standard InChI is InChI=1S/C14H23NOS/c1-11(2)12-5-6-13(14(9-12)16-4)10-15(3)7-8-17/h5-6,9,11,17H,7-8,10H2,1-4H3. The van der Waals surface area contributed by atoms with Crippen LogP contribution in [-0.2, 0) is 6.54 Å². The van der Waals surface area contributed by atoms with Crippen molar-refractivity contribution in [1.29, 1.82) is 0 Å². The molecule has 0 atom stereocenters. The van der Waals surface area contributed by atoms with Gasteiger partial charge in [-0.15, -0.1) is 0 Å². The molecule has 1 aromatic carbocycles. The van der Waals surface area contributed by atoms with Gasteiger partial charge in [0.25, 0.3) is 0 Å². The van der Waals surface area contributed by atoms with Crippen LogP contribution in [0.2, 0.25) is 0 Å². The van der Waals surface area contributed by atoms with E-state index in [-0.39, 0.29) is 0 Å². The monoisotopic (exact) mass is 253 g/mol. The van der Waals surface area contributed by atoms with Gasteiger partial charge >= 0.3 is 0 Å². The molecule has 0 fully saturated rings. The lowest BCUT2D eigenvalue weighted by Gasteiger charge is -2.18. The zero-order valence-corrected chi connectivity index (χ0v) is 12.1. The van der Waals surface area contributed by atoms with E-state index < -0.39 is 0 Å². The summed E-state index contributed by atoms with van der Waals surface area (Å²) >= 11 is 4.25. The van der Waals surface area contributed by atoms with Crippen molar-refractivity contribution in [1.82, 2.24) is 4.90 Å². The molecule has 0 N–H and O–H groups in total. The molecule has 0 saturated carbocycles. The predicted octanol–water partition coefficient (Wildman–Crippen LogP) is 3.18. The minimum absolute atomic E-state index is 0.535. The molecular formula is C14H23NOS. The molecular weight excluding hydrogens is 230 g/mol. The van der Waals surface area contributed by atoms with Gasteiger partial charge in [-0.2, -0.15) is 12.6 Å². The summed E-state index contributed by atoms with van der Waals surface area (Å²) in [6, 6.07) is 6.51. The van der Waals surface area contributed by atoms with Gasteiger partial charge in [-0.3, -0.25) is 0 Å². The van der Waals surface area contributed by atoms with Crippen molar-refractivity contribution in [2.75, 3.05) is 26.5 Å². The number of methoxy groups -OCH3 is 1. The van der Waals surface area contributed by atoms with Crippen LogP contribution in [-0.4, -0.2) is 31.4 Å². The molecule has 2 nitrogen and oxygen atoms in total. The van der Waals surface area contributed by atoms with Crippen molar-refractivity contribution < 1.29 is 4.74 Å². The van der Waals surface area contributed by atoms with Gasteiger partial charge < -0.3 is 9.64 Å². The van der Waals surface area contributed by atoms with Crippen LogP contribution in [0.5, 0.6) is 5.75 Å². The van der Waals surface area contributed by atoms with Crippen molar-refractivity contribution in [3.05, 3.63) is 29.3 Å². The van der Waals surface area contributed by atoms with Gasteiger partial charge in [0.1, 0.15) is 5.75 Å². The first-order chi connectivity index (χ1) is 8.08. The quantitative estimate of drug-likeness (QED) is 0.782. The van der Waals surface area contributed by atoms with Gasteiger partial charge in [-0.1, -0.05) is 26.0 Å². The second-order valence-corrected chi connectivity index (χ2v) is 5.13. The second-order valence-electron chi connectivity index (χ2n) is 4.69. The van der Waals surface area contributed by atoms with Gasteiger partial charge in [-0.05, 0) is 24.6 Å². The highest BCUT2D eigenvalue weighted by molar-refractivity contribution is 7.80. The summed E-state index contributed by atoms with van der Waals surface area (Å²) in [5.41, 5.74) is 2.56. The summed E-state index contributed by atoms with van der Waals surface area (Å²) in [6.07, 6.45) is 0. The normalized spacial score (nSPS) is 11.2. The number of benzene rings is 1. The molecule has 0 spiro atoms. The highest BCUT2D eigenvalue weighted by atomic mass is 32.1. The average molecular weight is 253 g/mol. The first-order valence-corrected chi connectivity index (χ1v) is 6.68. The third-order valence-corrected chi connectivity index (χ3v) is 3.10. The van der Waals surface area contributed by atoms with Crippen LogP contribution in [0.25, 0.3) is 0 Å². The van der Waals surface area contributed by atoms with Gasteiger partial charge in [0.05, 0.1) is 7.11 Å². The Balaban J connectivity index is 2.85. The summed E-state index contributed by atoms with van der Waals surface area (Å²) < 4.78 is 5.47. The Morgan fingerprint density at radius 2 is 2.06 bits per heavy atom. The molecule has 3 heteroatoms. The Labute approximate surface area is 110 Å². The number of nitrogens with zero attached hydrogens (tertiary/aromatic N) is 1. The SMILES string of the molecule is COc1cc(C(C)C)ccc1CN(C)CCS. The van der Waals surface area contributed by atoms with Gasteiger partial charge in [0, 0.05) is 24.4 Å². The van der Waals surface area contributed by atoms with Crippen LogP contribution >= 0.6 is 12.6 Å². The lowest BCUT2D eigenvalue weighted by atomic mass is 10.0. The summed E-state index contributed by atoms with van der Waals surface area (Å²) in [5, 5.41) is 0. The van der Waals surface area contributed by atoms with Gasteiger partial charge in [0.2, 0.25) is 0 Å². The molecule has 0 bridgehead atoms. The molecule has 0 aromatic heterocycles. The summed E-state index contributed by atoms with van der Waals surface area (Å²) in [5.74, 6) is 2.40. The van der Waals surface area contributed by atoms with Crippen LogP contribution in [0.3, 0.4) is 0 Å². The Kier molecular flexibility index (Phi) is 5.86. The number of hydrogen-bond acceptors (Lipinski definition) is 3. The Hall–Kier alpha value is -0.670. The van der Waals surface area contributed by atoms with E-state index in [4.69, 9.17) is 4.74 Å². The molecule has 0 radical (unpaired) electrons. The fourth-order valence-electron chi connectivity index (χ4n) is 1.79. The summed E-state index contributed by atoms with van der Waals surface area (Å²) in [6.45, 7) is 6.28. The Bertz CT molecular complexity index is 352. The van der Waals surface area contributed by atoms with E-state index in [9.17, 15) is 0 Å². The smallest absolute Gasteiger partial charge is 0.123 e. The third-order valence-electron chi connectivity index (χ3n) is 2.90.